The number of aryl methyl sites for hydroxylation is 1. The van der Waals surface area contributed by atoms with Crippen LogP contribution in [-0.4, -0.2) is 17.3 Å². The minimum absolute atomic E-state index is 0.0285. The van der Waals surface area contributed by atoms with E-state index in [0.29, 0.717) is 12.3 Å². The molecular weight excluding hydrogens is 468 g/mol. The molecule has 0 saturated heterocycles. The SMILES string of the molecule is CCCC(CC1CC(=O)c2c(C)c(/C=C/c3ccc(C)cc3)cc(C(C)C)c2C1)C(CC)C(=O)CC(C)=O. The standard InChI is InChI=1S/C35H46O3/c1-8-10-29(30(9-2)33(37)17-24(6)36)18-27-19-32-31(22(3)4)21-28(25(7)35(32)34(38)20-27)16-15-26-13-11-23(5)12-14-26/h11-16,21-22,27,29-30H,8-10,17-20H2,1-7H3/b16-15+. The van der Waals surface area contributed by atoms with Gasteiger partial charge in [-0.2, -0.15) is 0 Å². The predicted molar refractivity (Wildman–Crippen MR) is 159 cm³/mol. The van der Waals surface area contributed by atoms with Gasteiger partial charge in [0.2, 0.25) is 0 Å². The van der Waals surface area contributed by atoms with Gasteiger partial charge in [0.25, 0.3) is 0 Å². The lowest BCUT2D eigenvalue weighted by atomic mass is 9.70. The lowest BCUT2D eigenvalue weighted by molar-refractivity contribution is -0.129. The Kier molecular flexibility index (Phi) is 10.4. The van der Waals surface area contributed by atoms with E-state index in [-0.39, 0.29) is 41.5 Å². The first kappa shape index (κ1) is 29.7. The zero-order chi connectivity index (χ0) is 28.0. The van der Waals surface area contributed by atoms with Crippen molar-refractivity contribution < 1.29 is 14.4 Å². The Morgan fingerprint density at radius 2 is 1.71 bits per heavy atom. The highest BCUT2D eigenvalue weighted by Gasteiger charge is 2.34. The lowest BCUT2D eigenvalue weighted by Crippen LogP contribution is -2.30. The Labute approximate surface area is 230 Å². The van der Waals surface area contributed by atoms with Gasteiger partial charge in [0.1, 0.15) is 11.6 Å². The van der Waals surface area contributed by atoms with Crippen molar-refractivity contribution >= 4 is 29.5 Å². The minimum Gasteiger partial charge on any atom is -0.300 e. The molecule has 3 atom stereocenters. The first-order valence-corrected chi connectivity index (χ1v) is 14.5. The molecule has 3 heteroatoms. The molecule has 0 N–H and O–H groups in total. The van der Waals surface area contributed by atoms with Crippen LogP contribution in [0.2, 0.25) is 0 Å². The average molecular weight is 515 g/mol. The number of carbonyl (C=O) groups is 3. The molecule has 3 unspecified atom stereocenters. The largest absolute Gasteiger partial charge is 0.300 e. The zero-order valence-corrected chi connectivity index (χ0v) is 24.5. The van der Waals surface area contributed by atoms with E-state index in [9.17, 15) is 14.4 Å². The molecule has 204 valence electrons. The second-order valence-electron chi connectivity index (χ2n) is 11.8. The van der Waals surface area contributed by atoms with Crippen molar-refractivity contribution in [1.29, 1.82) is 0 Å². The van der Waals surface area contributed by atoms with E-state index in [1.165, 1.54) is 23.6 Å². The van der Waals surface area contributed by atoms with Crippen LogP contribution in [0.25, 0.3) is 12.2 Å². The zero-order valence-electron chi connectivity index (χ0n) is 24.5. The molecule has 3 rings (SSSR count). The summed E-state index contributed by atoms with van der Waals surface area (Å²) in [7, 11) is 0. The van der Waals surface area contributed by atoms with Crippen LogP contribution in [0.15, 0.2) is 30.3 Å². The highest BCUT2D eigenvalue weighted by atomic mass is 16.1. The van der Waals surface area contributed by atoms with Crippen LogP contribution in [0.5, 0.6) is 0 Å². The van der Waals surface area contributed by atoms with Gasteiger partial charge in [-0.1, -0.05) is 88.6 Å². The van der Waals surface area contributed by atoms with Gasteiger partial charge >= 0.3 is 0 Å². The molecule has 0 bridgehead atoms. The van der Waals surface area contributed by atoms with Crippen molar-refractivity contribution in [3.05, 3.63) is 69.3 Å². The number of ketones is 3. The second-order valence-corrected chi connectivity index (χ2v) is 11.8. The Morgan fingerprint density at radius 1 is 1.03 bits per heavy atom. The van der Waals surface area contributed by atoms with Gasteiger partial charge in [-0.25, -0.2) is 0 Å². The molecule has 0 aliphatic heterocycles. The maximum Gasteiger partial charge on any atom is 0.163 e. The summed E-state index contributed by atoms with van der Waals surface area (Å²) < 4.78 is 0. The van der Waals surface area contributed by atoms with Crippen LogP contribution in [0.1, 0.15) is 123 Å². The summed E-state index contributed by atoms with van der Waals surface area (Å²) in [6.07, 6.45) is 9.30. The predicted octanol–water partition coefficient (Wildman–Crippen LogP) is 8.72. The van der Waals surface area contributed by atoms with Crippen molar-refractivity contribution in [2.24, 2.45) is 17.8 Å². The maximum atomic E-state index is 13.7. The van der Waals surface area contributed by atoms with Gasteiger partial charge in [-0.3, -0.25) is 14.4 Å². The van der Waals surface area contributed by atoms with Gasteiger partial charge in [0, 0.05) is 17.9 Å². The second kappa shape index (κ2) is 13.3. The highest BCUT2D eigenvalue weighted by Crippen LogP contribution is 2.40. The van der Waals surface area contributed by atoms with Crippen LogP contribution in [0.3, 0.4) is 0 Å². The van der Waals surface area contributed by atoms with Gasteiger partial charge in [-0.15, -0.1) is 0 Å². The number of carbonyl (C=O) groups excluding carboxylic acids is 3. The van der Waals surface area contributed by atoms with E-state index < -0.39 is 0 Å². The molecule has 1 aliphatic rings. The molecule has 38 heavy (non-hydrogen) atoms. The van der Waals surface area contributed by atoms with E-state index in [0.717, 1.165) is 54.4 Å². The van der Waals surface area contributed by atoms with E-state index in [2.05, 4.69) is 84.0 Å². The molecule has 0 heterocycles. The summed E-state index contributed by atoms with van der Waals surface area (Å²) in [6, 6.07) is 10.8. The van der Waals surface area contributed by atoms with Crippen molar-refractivity contribution in [3.8, 4) is 0 Å². The van der Waals surface area contributed by atoms with E-state index in [1.807, 2.05) is 0 Å². The van der Waals surface area contributed by atoms with Crippen molar-refractivity contribution in [3.63, 3.8) is 0 Å². The van der Waals surface area contributed by atoms with Crippen molar-refractivity contribution in [2.45, 2.75) is 99.3 Å². The monoisotopic (exact) mass is 514 g/mol. The Bertz CT molecular complexity index is 1180. The fourth-order valence-electron chi connectivity index (χ4n) is 6.40. The minimum atomic E-state index is -0.101. The molecular formula is C35H46O3. The van der Waals surface area contributed by atoms with Gasteiger partial charge < -0.3 is 0 Å². The van der Waals surface area contributed by atoms with Crippen LogP contribution < -0.4 is 0 Å². The summed E-state index contributed by atoms with van der Waals surface area (Å²) in [4.78, 5) is 38.3. The topological polar surface area (TPSA) is 51.2 Å². The first-order valence-electron chi connectivity index (χ1n) is 14.5. The van der Waals surface area contributed by atoms with Crippen molar-refractivity contribution in [2.75, 3.05) is 0 Å². The summed E-state index contributed by atoms with van der Waals surface area (Å²) >= 11 is 0. The quantitative estimate of drug-likeness (QED) is 0.210. The molecule has 0 aromatic heterocycles. The molecule has 3 nitrogen and oxygen atoms in total. The van der Waals surface area contributed by atoms with Gasteiger partial charge in [-0.05, 0) is 85.6 Å². The van der Waals surface area contributed by atoms with Crippen LogP contribution in [0.4, 0.5) is 0 Å². The number of hydrogen-bond donors (Lipinski definition) is 0. The molecule has 0 radical (unpaired) electrons. The summed E-state index contributed by atoms with van der Waals surface area (Å²) in [5.74, 6) is 0.914. The normalized spacial score (nSPS) is 17.1. The number of hydrogen-bond acceptors (Lipinski definition) is 3. The fraction of sp³-hybridized carbons (Fsp3) is 0.514. The van der Waals surface area contributed by atoms with Gasteiger partial charge in [0.15, 0.2) is 5.78 Å². The number of rotatable bonds is 12. The number of benzene rings is 2. The Morgan fingerprint density at radius 3 is 2.29 bits per heavy atom. The third kappa shape index (κ3) is 7.18. The lowest BCUT2D eigenvalue weighted by Gasteiger charge is -2.33. The summed E-state index contributed by atoms with van der Waals surface area (Å²) in [6.45, 7) is 14.3. The summed E-state index contributed by atoms with van der Waals surface area (Å²) in [5, 5.41) is 0. The van der Waals surface area contributed by atoms with E-state index >= 15 is 0 Å². The molecule has 0 spiro atoms. The van der Waals surface area contributed by atoms with Crippen molar-refractivity contribution in [1.82, 2.24) is 0 Å². The van der Waals surface area contributed by atoms with Gasteiger partial charge in [0.05, 0.1) is 6.42 Å². The Balaban J connectivity index is 1.92. The Hall–Kier alpha value is -2.81. The van der Waals surface area contributed by atoms with Crippen LogP contribution >= 0.6 is 0 Å². The number of fused-ring (bicyclic) bond motifs is 1. The smallest absolute Gasteiger partial charge is 0.163 e. The van der Waals surface area contributed by atoms with Crippen LogP contribution in [0, 0.1) is 31.6 Å². The fourth-order valence-corrected chi connectivity index (χ4v) is 6.40. The molecule has 0 amide bonds. The highest BCUT2D eigenvalue weighted by molar-refractivity contribution is 6.01. The maximum absolute atomic E-state index is 13.7. The third-order valence-electron chi connectivity index (χ3n) is 8.31. The van der Waals surface area contributed by atoms with E-state index in [1.54, 1.807) is 0 Å². The summed E-state index contributed by atoms with van der Waals surface area (Å²) in [5.41, 5.74) is 7.97. The molecule has 0 fully saturated rings. The third-order valence-corrected chi connectivity index (χ3v) is 8.31. The molecule has 2 aromatic rings. The molecule has 1 aliphatic carbocycles. The van der Waals surface area contributed by atoms with E-state index in [4.69, 9.17) is 0 Å². The first-order chi connectivity index (χ1) is 18.0. The molecule has 2 aromatic carbocycles. The number of Topliss-reactive ketones (excluding diaryl/α,β-unsaturated/α-hetero) is 3. The van der Waals surface area contributed by atoms with Crippen LogP contribution in [-0.2, 0) is 16.0 Å². The molecule has 0 saturated carbocycles. The average Bonchev–Trinajstić information content (AvgIpc) is 2.84.